The largest absolute Gasteiger partial charge is 0.394 e. The molecule has 1 heterocycles. The molecule has 0 unspecified atom stereocenters. The Bertz CT molecular complexity index is 612. The fraction of sp³-hybridized carbons (Fsp3) is 0.231. The van der Waals surface area contributed by atoms with E-state index >= 15 is 0 Å². The van der Waals surface area contributed by atoms with Crippen molar-refractivity contribution in [1.29, 1.82) is 0 Å². The molecule has 0 saturated carbocycles. The predicted octanol–water partition coefficient (Wildman–Crippen LogP) is 2.59. The quantitative estimate of drug-likeness (QED) is 0.801. The van der Waals surface area contributed by atoms with Crippen molar-refractivity contribution in [3.63, 3.8) is 0 Å². The minimum absolute atomic E-state index is 0.00353. The maximum atomic E-state index is 11.9. The van der Waals surface area contributed by atoms with E-state index in [-0.39, 0.29) is 12.6 Å². The summed E-state index contributed by atoms with van der Waals surface area (Å²) in [6.45, 7) is 2.35. The van der Waals surface area contributed by atoms with Gasteiger partial charge in [-0.1, -0.05) is 6.07 Å². The normalized spacial score (nSPS) is 10.3. The molecule has 0 bridgehead atoms. The molecule has 0 aliphatic rings. The Hall–Kier alpha value is -1.86. The lowest BCUT2D eigenvalue weighted by Crippen LogP contribution is -2.19. The second kappa shape index (κ2) is 6.53. The minimum Gasteiger partial charge on any atom is -0.394 e. The molecule has 0 atom stereocenters. The lowest BCUT2D eigenvalue weighted by atomic mass is 10.2. The Balaban J connectivity index is 1.99. The van der Waals surface area contributed by atoms with Crippen LogP contribution in [-0.4, -0.2) is 27.5 Å². The van der Waals surface area contributed by atoms with Crippen LogP contribution < -0.4 is 10.6 Å². The molecule has 106 valence electrons. The van der Waals surface area contributed by atoms with Crippen LogP contribution in [0.3, 0.4) is 0 Å². The summed E-state index contributed by atoms with van der Waals surface area (Å²) in [4.78, 5) is 11.9. The Labute approximate surface area is 124 Å². The van der Waals surface area contributed by atoms with E-state index in [4.69, 9.17) is 5.11 Å². The summed E-state index contributed by atoms with van der Waals surface area (Å²) in [6.07, 6.45) is 3.18. The predicted molar refractivity (Wildman–Crippen MR) is 80.8 cm³/mol. The van der Waals surface area contributed by atoms with Crippen LogP contribution in [0.25, 0.3) is 0 Å². The number of nitrogens with one attached hydrogen (secondary N) is 2. The highest BCUT2D eigenvalue weighted by molar-refractivity contribution is 9.10. The van der Waals surface area contributed by atoms with Crippen molar-refractivity contribution in [3.8, 4) is 0 Å². The summed E-state index contributed by atoms with van der Waals surface area (Å²) in [5, 5.41) is 18.2. The van der Waals surface area contributed by atoms with Gasteiger partial charge in [0.2, 0.25) is 0 Å². The molecule has 7 heteroatoms. The van der Waals surface area contributed by atoms with Crippen molar-refractivity contribution in [2.75, 3.05) is 17.2 Å². The molecule has 1 aromatic carbocycles. The molecule has 0 saturated heterocycles. The van der Waals surface area contributed by atoms with Crippen LogP contribution in [0.4, 0.5) is 16.2 Å². The molecular formula is C13H15BrN4O2. The number of aliphatic hydroxyl groups excluding tert-OH is 1. The molecule has 0 radical (unpaired) electrons. The van der Waals surface area contributed by atoms with Gasteiger partial charge in [-0.2, -0.15) is 5.10 Å². The maximum Gasteiger partial charge on any atom is 0.323 e. The van der Waals surface area contributed by atoms with Gasteiger partial charge in [-0.3, -0.25) is 4.68 Å². The molecule has 2 amide bonds. The maximum absolute atomic E-state index is 11.9. The first-order valence-corrected chi connectivity index (χ1v) is 6.85. The Kier molecular flexibility index (Phi) is 4.75. The van der Waals surface area contributed by atoms with Crippen LogP contribution in [0.15, 0.2) is 35.1 Å². The molecular weight excluding hydrogens is 324 g/mol. The van der Waals surface area contributed by atoms with Crippen molar-refractivity contribution in [2.24, 2.45) is 0 Å². The van der Waals surface area contributed by atoms with Crippen molar-refractivity contribution in [1.82, 2.24) is 9.78 Å². The molecule has 0 spiro atoms. The standard InChI is InChI=1S/C13H15BrN4O2/c1-9-2-3-11(14)12(6-9)17-13(20)16-10-7-15-18(8-10)4-5-19/h2-3,6-8,19H,4-5H2,1H3,(H2,16,17,20). The highest BCUT2D eigenvalue weighted by Crippen LogP contribution is 2.23. The summed E-state index contributed by atoms with van der Waals surface area (Å²) in [5.74, 6) is 0. The van der Waals surface area contributed by atoms with Gasteiger partial charge in [-0.15, -0.1) is 0 Å². The summed E-state index contributed by atoms with van der Waals surface area (Å²) in [7, 11) is 0. The molecule has 20 heavy (non-hydrogen) atoms. The number of urea groups is 1. The summed E-state index contributed by atoms with van der Waals surface area (Å²) >= 11 is 3.38. The SMILES string of the molecule is Cc1ccc(Br)c(NC(=O)Nc2cnn(CCO)c2)c1. The number of aromatic nitrogens is 2. The minimum atomic E-state index is -0.347. The Morgan fingerprint density at radius 2 is 2.25 bits per heavy atom. The van der Waals surface area contributed by atoms with E-state index < -0.39 is 0 Å². The van der Waals surface area contributed by atoms with E-state index in [9.17, 15) is 4.79 Å². The zero-order valence-corrected chi connectivity index (χ0v) is 12.5. The molecule has 0 aliphatic heterocycles. The van der Waals surface area contributed by atoms with Gasteiger partial charge in [0, 0.05) is 10.7 Å². The van der Waals surface area contributed by atoms with E-state index in [1.54, 1.807) is 10.9 Å². The van der Waals surface area contributed by atoms with Gasteiger partial charge >= 0.3 is 6.03 Å². The fourth-order valence-electron chi connectivity index (χ4n) is 1.67. The Morgan fingerprint density at radius 1 is 1.45 bits per heavy atom. The summed E-state index contributed by atoms with van der Waals surface area (Å²) < 4.78 is 2.37. The van der Waals surface area contributed by atoms with Crippen molar-refractivity contribution in [3.05, 3.63) is 40.6 Å². The van der Waals surface area contributed by atoms with Gasteiger partial charge in [0.05, 0.1) is 30.7 Å². The monoisotopic (exact) mass is 338 g/mol. The zero-order chi connectivity index (χ0) is 14.5. The highest BCUT2D eigenvalue weighted by atomic mass is 79.9. The first-order chi connectivity index (χ1) is 9.58. The van der Waals surface area contributed by atoms with Gasteiger partial charge in [-0.25, -0.2) is 4.79 Å². The second-order valence-electron chi connectivity index (χ2n) is 4.28. The lowest BCUT2D eigenvalue weighted by molar-refractivity contribution is 0.262. The van der Waals surface area contributed by atoms with Crippen molar-refractivity contribution in [2.45, 2.75) is 13.5 Å². The van der Waals surface area contributed by atoms with E-state index in [1.807, 2.05) is 25.1 Å². The van der Waals surface area contributed by atoms with Crippen LogP contribution in [0, 0.1) is 6.92 Å². The third-order valence-electron chi connectivity index (χ3n) is 2.59. The number of aliphatic hydroxyl groups is 1. The Morgan fingerprint density at radius 3 is 3.00 bits per heavy atom. The lowest BCUT2D eigenvalue weighted by Gasteiger charge is -2.08. The van der Waals surface area contributed by atoms with E-state index in [2.05, 4.69) is 31.7 Å². The van der Waals surface area contributed by atoms with E-state index in [0.29, 0.717) is 17.9 Å². The number of rotatable bonds is 4. The third kappa shape index (κ3) is 3.82. The van der Waals surface area contributed by atoms with Gasteiger partial charge < -0.3 is 15.7 Å². The number of halogens is 1. The average Bonchev–Trinajstić information content (AvgIpc) is 2.81. The number of anilines is 2. The average molecular weight is 339 g/mol. The number of hydrogen-bond donors (Lipinski definition) is 3. The first-order valence-electron chi connectivity index (χ1n) is 6.06. The molecule has 2 aromatic rings. The highest BCUT2D eigenvalue weighted by Gasteiger charge is 2.07. The van der Waals surface area contributed by atoms with Crippen LogP contribution >= 0.6 is 15.9 Å². The van der Waals surface area contributed by atoms with E-state index in [1.165, 1.54) is 6.20 Å². The number of carbonyl (C=O) groups is 1. The van der Waals surface area contributed by atoms with Crippen molar-refractivity contribution >= 4 is 33.3 Å². The van der Waals surface area contributed by atoms with Gasteiger partial charge in [-0.05, 0) is 40.5 Å². The second-order valence-corrected chi connectivity index (χ2v) is 5.13. The first kappa shape index (κ1) is 14.5. The van der Waals surface area contributed by atoms with Crippen LogP contribution in [-0.2, 0) is 6.54 Å². The third-order valence-corrected chi connectivity index (χ3v) is 3.28. The number of benzene rings is 1. The van der Waals surface area contributed by atoms with Crippen LogP contribution in [0.1, 0.15) is 5.56 Å². The van der Waals surface area contributed by atoms with Crippen LogP contribution in [0.5, 0.6) is 0 Å². The number of amides is 2. The number of aryl methyl sites for hydroxylation is 1. The molecule has 0 aliphatic carbocycles. The van der Waals surface area contributed by atoms with Crippen LogP contribution in [0.2, 0.25) is 0 Å². The fourth-order valence-corrected chi connectivity index (χ4v) is 2.02. The zero-order valence-electron chi connectivity index (χ0n) is 10.9. The smallest absolute Gasteiger partial charge is 0.323 e. The number of carbonyl (C=O) groups excluding carboxylic acids is 1. The number of nitrogens with zero attached hydrogens (tertiary/aromatic N) is 2. The van der Waals surface area contributed by atoms with E-state index in [0.717, 1.165) is 10.0 Å². The number of hydrogen-bond acceptors (Lipinski definition) is 3. The molecule has 1 aromatic heterocycles. The van der Waals surface area contributed by atoms with Crippen molar-refractivity contribution < 1.29 is 9.90 Å². The molecule has 3 N–H and O–H groups in total. The molecule has 2 rings (SSSR count). The molecule has 6 nitrogen and oxygen atoms in total. The topological polar surface area (TPSA) is 79.2 Å². The van der Waals surface area contributed by atoms with Gasteiger partial charge in [0.15, 0.2) is 0 Å². The summed E-state index contributed by atoms with van der Waals surface area (Å²) in [5.41, 5.74) is 2.32. The molecule has 0 fully saturated rings. The summed E-state index contributed by atoms with van der Waals surface area (Å²) in [6, 6.07) is 5.36. The van der Waals surface area contributed by atoms with Gasteiger partial charge in [0.25, 0.3) is 0 Å². The van der Waals surface area contributed by atoms with Gasteiger partial charge in [0.1, 0.15) is 0 Å².